The van der Waals surface area contributed by atoms with Gasteiger partial charge in [-0.15, -0.1) is 0 Å². The van der Waals surface area contributed by atoms with Crippen LogP contribution in [0.25, 0.3) is 6.08 Å². The molecule has 0 bridgehead atoms. The third-order valence-corrected chi connectivity index (χ3v) is 1.50. The van der Waals surface area contributed by atoms with Crippen LogP contribution in [0.4, 0.5) is 0 Å². The number of rotatable bonds is 3. The molecule has 13 heavy (non-hydrogen) atoms. The van der Waals surface area contributed by atoms with Gasteiger partial charge in [0.25, 0.3) is 0 Å². The average Bonchev–Trinajstić information content (AvgIpc) is 2.17. The largest absolute Gasteiger partial charge is 0.508 e. The second kappa shape index (κ2) is 4.21. The Kier molecular flexibility index (Phi) is 2.97. The number of aldehydes is 2. The van der Waals surface area contributed by atoms with E-state index in [0.29, 0.717) is 18.1 Å². The van der Waals surface area contributed by atoms with E-state index in [1.165, 1.54) is 18.2 Å². The van der Waals surface area contributed by atoms with E-state index >= 15 is 0 Å². The molecule has 3 heteroatoms. The molecule has 0 aliphatic heterocycles. The molecule has 0 amide bonds. The zero-order chi connectivity index (χ0) is 9.68. The first-order valence-corrected chi connectivity index (χ1v) is 3.67. The van der Waals surface area contributed by atoms with Gasteiger partial charge in [0, 0.05) is 0 Å². The van der Waals surface area contributed by atoms with Gasteiger partial charge in [0.2, 0.25) is 0 Å². The smallest absolute Gasteiger partial charge is 0.153 e. The molecule has 0 atom stereocenters. The van der Waals surface area contributed by atoms with Crippen LogP contribution in [0, 0.1) is 0 Å². The van der Waals surface area contributed by atoms with Crippen LogP contribution in [0.3, 0.4) is 0 Å². The lowest BCUT2D eigenvalue weighted by atomic mass is 10.1. The minimum Gasteiger partial charge on any atom is -0.508 e. The van der Waals surface area contributed by atoms with Crippen molar-refractivity contribution in [1.82, 2.24) is 0 Å². The van der Waals surface area contributed by atoms with Crippen LogP contribution in [-0.4, -0.2) is 17.7 Å². The van der Waals surface area contributed by atoms with Crippen molar-refractivity contribution in [2.75, 3.05) is 0 Å². The molecular weight excluding hydrogens is 168 g/mol. The van der Waals surface area contributed by atoms with Gasteiger partial charge in [-0.3, -0.25) is 9.59 Å². The number of carbonyl (C=O) groups excluding carboxylic acids is 2. The highest BCUT2D eigenvalue weighted by Crippen LogP contribution is 2.11. The fourth-order valence-corrected chi connectivity index (χ4v) is 0.859. The van der Waals surface area contributed by atoms with Gasteiger partial charge in [-0.1, -0.05) is 12.1 Å². The Labute approximate surface area is 75.3 Å². The summed E-state index contributed by atoms with van der Waals surface area (Å²) in [5, 5.41) is 8.95. The first kappa shape index (κ1) is 9.19. The maximum atomic E-state index is 10.3. The van der Waals surface area contributed by atoms with Crippen molar-refractivity contribution in [3.05, 3.63) is 35.4 Å². The predicted molar refractivity (Wildman–Crippen MR) is 48.2 cm³/mol. The first-order valence-electron chi connectivity index (χ1n) is 3.67. The van der Waals surface area contributed by atoms with Crippen molar-refractivity contribution in [3.63, 3.8) is 0 Å². The van der Waals surface area contributed by atoms with Crippen LogP contribution in [0.15, 0.2) is 29.8 Å². The minimum atomic E-state index is 0.0747. The Morgan fingerprint density at radius 3 is 2.08 bits per heavy atom. The lowest BCUT2D eigenvalue weighted by molar-refractivity contribution is -0.109. The van der Waals surface area contributed by atoms with E-state index in [2.05, 4.69) is 0 Å². The van der Waals surface area contributed by atoms with Crippen molar-refractivity contribution < 1.29 is 14.7 Å². The van der Waals surface area contributed by atoms with E-state index < -0.39 is 0 Å². The van der Waals surface area contributed by atoms with E-state index in [4.69, 9.17) is 5.11 Å². The molecule has 0 spiro atoms. The molecule has 1 rings (SSSR count). The molecule has 3 nitrogen and oxygen atoms in total. The van der Waals surface area contributed by atoms with Gasteiger partial charge in [0.05, 0.1) is 5.57 Å². The summed E-state index contributed by atoms with van der Waals surface area (Å²) in [7, 11) is 0. The number of aromatic hydroxyl groups is 1. The van der Waals surface area contributed by atoms with E-state index in [1.807, 2.05) is 0 Å². The molecule has 1 aromatic carbocycles. The first-order chi connectivity index (χ1) is 6.26. The highest BCUT2D eigenvalue weighted by atomic mass is 16.3. The predicted octanol–water partition coefficient (Wildman–Crippen LogP) is 1.17. The third kappa shape index (κ3) is 2.56. The number of phenols is 1. The third-order valence-electron chi connectivity index (χ3n) is 1.50. The van der Waals surface area contributed by atoms with Crippen molar-refractivity contribution in [1.29, 1.82) is 0 Å². The molecule has 1 aromatic rings. The Hall–Kier alpha value is -1.90. The molecule has 0 aliphatic rings. The number of phenolic OH excluding ortho intramolecular Hbond substituents is 1. The molecule has 0 fully saturated rings. The van der Waals surface area contributed by atoms with Crippen LogP contribution in [0.5, 0.6) is 5.75 Å². The van der Waals surface area contributed by atoms with Gasteiger partial charge in [0.15, 0.2) is 12.6 Å². The molecule has 0 aromatic heterocycles. The van der Waals surface area contributed by atoms with E-state index in [1.54, 1.807) is 12.1 Å². The number of benzene rings is 1. The van der Waals surface area contributed by atoms with Crippen LogP contribution >= 0.6 is 0 Å². The summed E-state index contributed by atoms with van der Waals surface area (Å²) in [5.41, 5.74) is 0.776. The second-order valence-corrected chi connectivity index (χ2v) is 2.47. The second-order valence-electron chi connectivity index (χ2n) is 2.47. The van der Waals surface area contributed by atoms with Gasteiger partial charge in [-0.05, 0) is 23.8 Å². The van der Waals surface area contributed by atoms with Crippen molar-refractivity contribution in [2.24, 2.45) is 0 Å². The van der Waals surface area contributed by atoms with Gasteiger partial charge < -0.3 is 5.11 Å². The van der Waals surface area contributed by atoms with Gasteiger partial charge in [-0.2, -0.15) is 0 Å². The van der Waals surface area contributed by atoms with E-state index in [0.717, 1.165) is 0 Å². The normalized spacial score (nSPS) is 8.92. The van der Waals surface area contributed by atoms with Crippen LogP contribution < -0.4 is 0 Å². The average molecular weight is 176 g/mol. The molecule has 0 heterocycles. The van der Waals surface area contributed by atoms with Crippen LogP contribution in [0.1, 0.15) is 5.56 Å². The quantitative estimate of drug-likeness (QED) is 0.325. The molecular formula is C10H8O3. The van der Waals surface area contributed by atoms with E-state index in [-0.39, 0.29) is 11.3 Å². The lowest BCUT2D eigenvalue weighted by Crippen LogP contribution is -1.84. The molecule has 1 N–H and O–H groups in total. The number of hydrogen-bond donors (Lipinski definition) is 1. The number of carbonyl (C=O) groups is 2. The summed E-state index contributed by atoms with van der Waals surface area (Å²) in [5.74, 6) is 0.149. The zero-order valence-electron chi connectivity index (χ0n) is 6.81. The topological polar surface area (TPSA) is 54.4 Å². The summed E-state index contributed by atoms with van der Waals surface area (Å²) >= 11 is 0. The minimum absolute atomic E-state index is 0.0747. The Bertz CT molecular complexity index is 326. The standard InChI is InChI=1S/C10H8O3/c11-6-9(7-12)5-8-1-3-10(13)4-2-8/h1-7,13H. The van der Waals surface area contributed by atoms with Crippen molar-refractivity contribution in [2.45, 2.75) is 0 Å². The Morgan fingerprint density at radius 1 is 1.08 bits per heavy atom. The summed E-state index contributed by atoms with van der Waals surface area (Å²) in [6.45, 7) is 0. The summed E-state index contributed by atoms with van der Waals surface area (Å²) in [6.07, 6.45) is 2.42. The SMILES string of the molecule is O=CC(C=O)=Cc1ccc(O)cc1. The highest BCUT2D eigenvalue weighted by Gasteiger charge is 1.93. The van der Waals surface area contributed by atoms with Gasteiger partial charge in [-0.25, -0.2) is 0 Å². The lowest BCUT2D eigenvalue weighted by Gasteiger charge is -1.93. The fraction of sp³-hybridized carbons (Fsp3) is 0. The number of allylic oxidation sites excluding steroid dienone is 1. The zero-order valence-corrected chi connectivity index (χ0v) is 6.81. The molecule has 0 aliphatic carbocycles. The highest BCUT2D eigenvalue weighted by molar-refractivity contribution is 6.04. The molecule has 0 saturated carbocycles. The summed E-state index contributed by atoms with van der Waals surface area (Å²) in [6, 6.07) is 6.20. The number of hydrogen-bond acceptors (Lipinski definition) is 3. The van der Waals surface area contributed by atoms with E-state index in [9.17, 15) is 9.59 Å². The molecule has 66 valence electrons. The fourth-order valence-electron chi connectivity index (χ4n) is 0.859. The van der Waals surface area contributed by atoms with Crippen molar-refractivity contribution in [3.8, 4) is 5.75 Å². The maximum Gasteiger partial charge on any atom is 0.153 e. The Morgan fingerprint density at radius 2 is 1.62 bits per heavy atom. The van der Waals surface area contributed by atoms with Crippen LogP contribution in [-0.2, 0) is 9.59 Å². The monoisotopic (exact) mass is 176 g/mol. The summed E-state index contributed by atoms with van der Waals surface area (Å²) in [4.78, 5) is 20.5. The van der Waals surface area contributed by atoms with Gasteiger partial charge in [0.1, 0.15) is 5.75 Å². The summed E-state index contributed by atoms with van der Waals surface area (Å²) < 4.78 is 0. The van der Waals surface area contributed by atoms with Gasteiger partial charge >= 0.3 is 0 Å². The molecule has 0 radical (unpaired) electrons. The van der Waals surface area contributed by atoms with Crippen molar-refractivity contribution >= 4 is 18.6 Å². The molecule has 0 unspecified atom stereocenters. The Balaban J connectivity index is 2.96. The molecule has 0 saturated heterocycles. The van der Waals surface area contributed by atoms with Crippen LogP contribution in [0.2, 0.25) is 0 Å². The maximum absolute atomic E-state index is 10.3.